The first-order valence-corrected chi connectivity index (χ1v) is 9.68. The molecule has 4 nitrogen and oxygen atoms in total. The molecule has 6 heteroatoms. The van der Waals surface area contributed by atoms with E-state index in [9.17, 15) is 4.89 Å². The van der Waals surface area contributed by atoms with Crippen molar-refractivity contribution in [1.82, 2.24) is 5.32 Å². The van der Waals surface area contributed by atoms with Crippen LogP contribution < -0.4 is 10.2 Å². The summed E-state index contributed by atoms with van der Waals surface area (Å²) in [6.07, 6.45) is 0. The second-order valence-corrected chi connectivity index (χ2v) is 12.2. The Labute approximate surface area is 128 Å². The highest BCUT2D eigenvalue weighted by atomic mass is 32.2. The van der Waals surface area contributed by atoms with Crippen molar-refractivity contribution in [3.8, 4) is 0 Å². The Morgan fingerprint density at radius 1 is 1.15 bits per heavy atom. The molecule has 0 aromatic carbocycles. The fourth-order valence-electron chi connectivity index (χ4n) is 2.40. The van der Waals surface area contributed by atoms with Crippen molar-refractivity contribution in [1.29, 1.82) is 0 Å². The van der Waals surface area contributed by atoms with Gasteiger partial charge in [-0.1, -0.05) is 34.6 Å². The maximum absolute atomic E-state index is 13.1. The van der Waals surface area contributed by atoms with E-state index in [1.54, 1.807) is 0 Å². The average Bonchev–Trinajstić information content (AvgIpc) is 2.60. The van der Waals surface area contributed by atoms with Gasteiger partial charge in [0.15, 0.2) is 5.78 Å². The number of nitrogens with one attached hydrogen (secondary N) is 1. The largest absolute Gasteiger partial charge is 0.630 e. The molecule has 0 amide bonds. The summed E-state index contributed by atoms with van der Waals surface area (Å²) in [6.45, 7) is 15.9. The number of hydrogen-bond acceptors (Lipinski definition) is 5. The Morgan fingerprint density at radius 2 is 1.65 bits per heavy atom. The molecule has 0 spiro atoms. The fourth-order valence-corrected chi connectivity index (χ4v) is 6.96. The summed E-state index contributed by atoms with van der Waals surface area (Å²) in [5, 5.41) is 3.75. The lowest BCUT2D eigenvalue weighted by atomic mass is 9.96. The molecule has 0 aliphatic carbocycles. The zero-order chi connectivity index (χ0) is 15.4. The van der Waals surface area contributed by atoms with Gasteiger partial charge in [-0.15, -0.1) is 11.8 Å². The van der Waals surface area contributed by atoms with Gasteiger partial charge in [-0.3, -0.25) is 5.32 Å². The van der Waals surface area contributed by atoms with Gasteiger partial charge in [0.05, 0.1) is 10.1 Å². The summed E-state index contributed by atoms with van der Waals surface area (Å²) in [6, 6.07) is 0. The summed E-state index contributed by atoms with van der Waals surface area (Å²) in [5.74, 6) is -0.250. The Kier molecular flexibility index (Phi) is 4.31. The second kappa shape index (κ2) is 5.07. The van der Waals surface area contributed by atoms with E-state index in [4.69, 9.17) is 9.05 Å². The summed E-state index contributed by atoms with van der Waals surface area (Å²) >= 11 is 1.83. The van der Waals surface area contributed by atoms with Gasteiger partial charge in [0.25, 0.3) is 7.94 Å². The van der Waals surface area contributed by atoms with Crippen molar-refractivity contribution in [3.63, 3.8) is 0 Å². The third-order valence-electron chi connectivity index (χ3n) is 3.76. The highest BCUT2D eigenvalue weighted by Crippen LogP contribution is 2.67. The summed E-state index contributed by atoms with van der Waals surface area (Å²) in [7, 11) is -3.10. The monoisotopic (exact) mass is 321 g/mol. The number of hydrogen-bond donors (Lipinski definition) is 1. The van der Waals surface area contributed by atoms with Crippen LogP contribution in [0.4, 0.5) is 0 Å². The molecule has 2 aliphatic heterocycles. The molecule has 2 aliphatic rings. The molecule has 0 radical (unpaired) electrons. The van der Waals surface area contributed by atoms with Crippen LogP contribution in [-0.4, -0.2) is 29.1 Å². The molecule has 118 valence electrons. The normalized spacial score (nSPS) is 36.0. The van der Waals surface area contributed by atoms with Gasteiger partial charge in [0, 0.05) is 5.41 Å². The van der Waals surface area contributed by atoms with Crippen molar-refractivity contribution in [2.75, 3.05) is 13.2 Å². The number of thioether (sulfide) groups is 1. The van der Waals surface area contributed by atoms with E-state index in [1.165, 1.54) is 0 Å². The Hall–Kier alpha value is 0.620. The van der Waals surface area contributed by atoms with Crippen molar-refractivity contribution in [2.45, 2.75) is 64.4 Å². The van der Waals surface area contributed by atoms with E-state index in [0.29, 0.717) is 13.2 Å². The van der Waals surface area contributed by atoms with Crippen LogP contribution in [0.1, 0.15) is 48.5 Å². The molecule has 2 fully saturated rings. The molecule has 0 saturated carbocycles. The minimum atomic E-state index is -3.10. The third kappa shape index (κ3) is 3.34. The molecule has 0 unspecified atom stereocenters. The quantitative estimate of drug-likeness (QED) is 0.753. The van der Waals surface area contributed by atoms with Crippen molar-refractivity contribution in [2.24, 2.45) is 10.8 Å². The van der Waals surface area contributed by atoms with Gasteiger partial charge in [-0.2, -0.15) is 0 Å². The standard InChI is InChI=1S/C14H28NO3PS/c1-12(2,3)11-15-10(14(6,7)20-11)19(16)17-8-13(4,5)9-18-19/h10-11,15H,8-9H2,1-7H3/t10-,11-/m0/s1. The smallest absolute Gasteiger partial charge is 0.256 e. The SMILES string of the molecule is CC1(C)CO[P+]([O-])([C@@H]2N[C@H](C(C)(C)C)SC2(C)C)OC1. The molecular weight excluding hydrogens is 293 g/mol. The van der Waals surface area contributed by atoms with Crippen LogP contribution in [0.3, 0.4) is 0 Å². The Morgan fingerprint density at radius 3 is 2.05 bits per heavy atom. The van der Waals surface area contributed by atoms with E-state index in [1.807, 2.05) is 11.8 Å². The summed E-state index contributed by atoms with van der Waals surface area (Å²) in [4.78, 5) is 13.1. The van der Waals surface area contributed by atoms with E-state index >= 15 is 0 Å². The molecule has 0 aromatic heterocycles. The molecule has 2 rings (SSSR count). The number of rotatable bonds is 1. The fraction of sp³-hybridized carbons (Fsp3) is 1.00. The molecule has 2 heterocycles. The average molecular weight is 321 g/mol. The van der Waals surface area contributed by atoms with Gasteiger partial charge in [0.1, 0.15) is 13.2 Å². The highest BCUT2D eigenvalue weighted by Gasteiger charge is 2.59. The van der Waals surface area contributed by atoms with Gasteiger partial charge in [-0.25, -0.2) is 9.05 Å². The predicted molar refractivity (Wildman–Crippen MR) is 84.4 cm³/mol. The van der Waals surface area contributed by atoms with Crippen LogP contribution in [0.15, 0.2) is 0 Å². The second-order valence-electron chi connectivity index (χ2n) is 8.29. The maximum atomic E-state index is 13.1. The topological polar surface area (TPSA) is 53.5 Å². The minimum Gasteiger partial charge on any atom is -0.630 e. The van der Waals surface area contributed by atoms with E-state index < -0.39 is 7.94 Å². The molecule has 2 atom stereocenters. The van der Waals surface area contributed by atoms with Crippen LogP contribution in [0.25, 0.3) is 0 Å². The van der Waals surface area contributed by atoms with Crippen LogP contribution in [0, 0.1) is 10.8 Å². The van der Waals surface area contributed by atoms with Crippen LogP contribution in [-0.2, 0) is 9.05 Å². The lowest BCUT2D eigenvalue weighted by Crippen LogP contribution is -2.50. The Balaban J connectivity index is 2.16. The molecule has 20 heavy (non-hydrogen) atoms. The zero-order valence-electron chi connectivity index (χ0n) is 13.6. The van der Waals surface area contributed by atoms with E-state index in [2.05, 4.69) is 53.8 Å². The first kappa shape index (κ1) is 17.0. The van der Waals surface area contributed by atoms with Gasteiger partial charge in [-0.05, 0) is 19.3 Å². The summed E-state index contributed by atoms with van der Waals surface area (Å²) < 4.78 is 11.3. The molecule has 1 N–H and O–H groups in total. The van der Waals surface area contributed by atoms with Gasteiger partial charge in [0.2, 0.25) is 0 Å². The first-order chi connectivity index (χ1) is 8.86. The van der Waals surface area contributed by atoms with Crippen molar-refractivity contribution >= 4 is 19.7 Å². The molecule has 2 saturated heterocycles. The maximum Gasteiger partial charge on any atom is 0.256 e. The molecule has 0 bridgehead atoms. The van der Waals surface area contributed by atoms with Gasteiger partial charge >= 0.3 is 0 Å². The third-order valence-corrected chi connectivity index (χ3v) is 8.26. The van der Waals surface area contributed by atoms with Gasteiger partial charge < -0.3 is 4.89 Å². The van der Waals surface area contributed by atoms with E-state index in [0.717, 1.165) is 0 Å². The lowest BCUT2D eigenvalue weighted by molar-refractivity contribution is -0.237. The summed E-state index contributed by atoms with van der Waals surface area (Å²) in [5.41, 5.74) is 0.0398. The van der Waals surface area contributed by atoms with Crippen LogP contribution in [0.2, 0.25) is 0 Å². The van der Waals surface area contributed by atoms with Crippen LogP contribution in [0.5, 0.6) is 0 Å². The predicted octanol–water partition coefficient (Wildman–Crippen LogP) is 3.00. The lowest BCUT2D eigenvalue weighted by Gasteiger charge is -2.43. The van der Waals surface area contributed by atoms with Crippen LogP contribution >= 0.6 is 19.7 Å². The molecular formula is C14H28NO3PS. The van der Waals surface area contributed by atoms with Crippen molar-refractivity contribution < 1.29 is 13.9 Å². The van der Waals surface area contributed by atoms with Crippen molar-refractivity contribution in [3.05, 3.63) is 0 Å². The van der Waals surface area contributed by atoms with E-state index in [-0.39, 0.29) is 26.7 Å². The Bertz CT molecular complexity index is 371. The molecule has 0 aromatic rings. The first-order valence-electron chi connectivity index (χ1n) is 7.18. The highest BCUT2D eigenvalue weighted by molar-refractivity contribution is 8.02. The minimum absolute atomic E-state index is 0.0623. The zero-order valence-corrected chi connectivity index (χ0v) is 15.4.